The summed E-state index contributed by atoms with van der Waals surface area (Å²) in [5.41, 5.74) is -1.55. The highest BCUT2D eigenvalue weighted by Gasteiger charge is 2.71. The number of fused-ring (bicyclic) bond motifs is 7. The van der Waals surface area contributed by atoms with Crippen LogP contribution in [0.5, 0.6) is 0 Å². The van der Waals surface area contributed by atoms with Crippen molar-refractivity contribution in [1.82, 2.24) is 0 Å². The van der Waals surface area contributed by atoms with Crippen molar-refractivity contribution >= 4 is 5.97 Å². The van der Waals surface area contributed by atoms with E-state index in [0.717, 1.165) is 25.7 Å². The zero-order chi connectivity index (χ0) is 48.3. The molecule has 3 aliphatic heterocycles. The first-order chi connectivity index (χ1) is 30.9. The van der Waals surface area contributed by atoms with Crippen LogP contribution in [-0.2, 0) is 33.2 Å². The van der Waals surface area contributed by atoms with E-state index < -0.39 is 140 Å². The number of aliphatic carboxylic acids is 1. The lowest BCUT2D eigenvalue weighted by Crippen LogP contribution is -2.69. The third-order valence-electron chi connectivity index (χ3n) is 19.1. The molecule has 5 aliphatic carbocycles. The van der Waals surface area contributed by atoms with Crippen LogP contribution >= 0.6 is 0 Å². The van der Waals surface area contributed by atoms with Gasteiger partial charge in [0.25, 0.3) is 0 Å². The van der Waals surface area contributed by atoms with Crippen molar-refractivity contribution in [2.24, 2.45) is 50.2 Å². The van der Waals surface area contributed by atoms with Crippen molar-refractivity contribution in [2.45, 2.75) is 198 Å². The van der Waals surface area contributed by atoms with Crippen LogP contribution in [-0.4, -0.2) is 192 Å². The van der Waals surface area contributed by atoms with Crippen molar-refractivity contribution in [3.63, 3.8) is 0 Å². The fourth-order valence-electron chi connectivity index (χ4n) is 15.0. The van der Waals surface area contributed by atoms with Gasteiger partial charge in [-0.15, -0.1) is 0 Å². The van der Waals surface area contributed by atoms with Gasteiger partial charge in [-0.2, -0.15) is 0 Å². The summed E-state index contributed by atoms with van der Waals surface area (Å²) in [5, 5.41) is 131. The van der Waals surface area contributed by atoms with Gasteiger partial charge in [-0.25, -0.2) is 0 Å². The lowest BCUT2D eigenvalue weighted by atomic mass is 9.33. The van der Waals surface area contributed by atoms with E-state index in [1.165, 1.54) is 5.57 Å². The average Bonchev–Trinajstić information content (AvgIpc) is 3.26. The zero-order valence-electron chi connectivity index (χ0n) is 39.0. The molecule has 19 nitrogen and oxygen atoms in total. The number of rotatable bonds is 10. The molecular weight excluding hydrogens is 868 g/mol. The maximum absolute atomic E-state index is 13.1. The summed E-state index contributed by atoms with van der Waals surface area (Å²) in [5.74, 6) is -0.846. The van der Waals surface area contributed by atoms with Gasteiger partial charge in [0.05, 0.1) is 44.1 Å². The van der Waals surface area contributed by atoms with Crippen molar-refractivity contribution in [2.75, 3.05) is 26.4 Å². The van der Waals surface area contributed by atoms with Crippen LogP contribution in [0.2, 0.25) is 0 Å². The maximum atomic E-state index is 13.1. The number of hydrogen-bond donors (Lipinski definition) is 12. The van der Waals surface area contributed by atoms with Crippen LogP contribution in [0.3, 0.4) is 0 Å². The minimum Gasteiger partial charge on any atom is -0.481 e. The summed E-state index contributed by atoms with van der Waals surface area (Å²) in [6.45, 7) is 10.8. The third kappa shape index (κ3) is 7.77. The molecule has 0 bridgehead atoms. The van der Waals surface area contributed by atoms with Gasteiger partial charge in [-0.3, -0.25) is 4.79 Å². The smallest absolute Gasteiger partial charge is 0.310 e. The summed E-state index contributed by atoms with van der Waals surface area (Å²) in [4.78, 5) is 13.1. The minimum absolute atomic E-state index is 0.0188. The van der Waals surface area contributed by atoms with Gasteiger partial charge >= 0.3 is 5.97 Å². The molecule has 0 aromatic rings. The Balaban J connectivity index is 1.00. The molecule has 8 rings (SSSR count). The Hall–Kier alpha value is -1.47. The van der Waals surface area contributed by atoms with Gasteiger partial charge in [-0.05, 0) is 97.2 Å². The Morgan fingerprint density at radius 3 is 1.91 bits per heavy atom. The fraction of sp³-hybridized carbons (Fsp3) is 0.936. The molecule has 378 valence electrons. The van der Waals surface area contributed by atoms with E-state index in [9.17, 15) is 66.1 Å². The van der Waals surface area contributed by atoms with Gasteiger partial charge in [0, 0.05) is 5.41 Å². The number of carbonyl (C=O) groups is 1. The highest BCUT2D eigenvalue weighted by molar-refractivity contribution is 5.76. The van der Waals surface area contributed by atoms with Crippen LogP contribution in [0, 0.1) is 50.2 Å². The summed E-state index contributed by atoms with van der Waals surface area (Å²) in [6, 6.07) is 0. The molecule has 7 fully saturated rings. The highest BCUT2D eigenvalue weighted by atomic mass is 16.8. The fourth-order valence-corrected chi connectivity index (χ4v) is 15.0. The summed E-state index contributed by atoms with van der Waals surface area (Å²) in [6.07, 6.45) is -17.5. The number of carboxylic acids is 1. The van der Waals surface area contributed by atoms with E-state index in [1.54, 1.807) is 0 Å². The topological polar surface area (TPSA) is 315 Å². The van der Waals surface area contributed by atoms with E-state index in [2.05, 4.69) is 40.7 Å². The average molecular weight is 945 g/mol. The minimum atomic E-state index is -1.94. The lowest BCUT2D eigenvalue weighted by Gasteiger charge is -2.71. The Bertz CT molecular complexity index is 1800. The first kappa shape index (κ1) is 50.9. The second kappa shape index (κ2) is 18.0. The molecule has 0 spiro atoms. The molecular formula is C47H76O19. The van der Waals surface area contributed by atoms with Crippen molar-refractivity contribution in [1.29, 1.82) is 0 Å². The molecule has 0 amide bonds. The highest BCUT2D eigenvalue weighted by Crippen LogP contribution is 2.76. The first-order valence-electron chi connectivity index (χ1n) is 24.0. The molecule has 19 heteroatoms. The predicted molar refractivity (Wildman–Crippen MR) is 227 cm³/mol. The van der Waals surface area contributed by atoms with E-state index in [0.29, 0.717) is 32.1 Å². The number of hydrogen-bond acceptors (Lipinski definition) is 18. The Morgan fingerprint density at radius 2 is 1.27 bits per heavy atom. The number of aliphatic hydroxyl groups is 11. The van der Waals surface area contributed by atoms with Crippen molar-refractivity contribution in [3.8, 4) is 0 Å². The Labute approximate surface area is 385 Å². The molecule has 0 unspecified atom stereocenters. The maximum Gasteiger partial charge on any atom is 0.310 e. The molecule has 4 saturated carbocycles. The largest absolute Gasteiger partial charge is 0.481 e. The normalized spacial score (nSPS) is 54.8. The van der Waals surface area contributed by atoms with Gasteiger partial charge in [0.2, 0.25) is 0 Å². The summed E-state index contributed by atoms with van der Waals surface area (Å²) in [7, 11) is 0. The van der Waals surface area contributed by atoms with Gasteiger partial charge in [-0.1, -0.05) is 53.2 Å². The SMILES string of the molecule is CC1(C)CC[C@]2(C(=O)O)CC[C@]3(C)C(=CC[C@@H]4[C@@]5(C)C[C@H](O)[C@H](O[C@@H]6OC[C@@H](O)[C@H](O[C@@H]7O[C@H](CO)[C@H](O)[C@H](O[C@@H]8O[C@H](CO)[C@@H](O)[C@H](O)[C@H]8O)[C@H]7O)[C@H]6O)[C@@](C)(CO)[C@@H]5CC[C@]43C)[C@@H]2C1. The van der Waals surface area contributed by atoms with E-state index in [1.807, 2.05) is 6.92 Å². The van der Waals surface area contributed by atoms with Crippen LogP contribution in [0.1, 0.15) is 99.3 Å². The quantitative estimate of drug-likeness (QED) is 0.0951. The number of allylic oxidation sites excluding steroid dienone is 2. The Morgan fingerprint density at radius 1 is 0.667 bits per heavy atom. The lowest BCUT2D eigenvalue weighted by molar-refractivity contribution is -0.381. The number of carboxylic acid groups (broad SMARTS) is 1. The van der Waals surface area contributed by atoms with Crippen molar-refractivity contribution < 1.29 is 94.5 Å². The molecule has 66 heavy (non-hydrogen) atoms. The van der Waals surface area contributed by atoms with Crippen molar-refractivity contribution in [3.05, 3.63) is 11.6 Å². The second-order valence-corrected chi connectivity index (χ2v) is 23.0. The summed E-state index contributed by atoms with van der Waals surface area (Å²) >= 11 is 0. The van der Waals surface area contributed by atoms with Crippen LogP contribution in [0.15, 0.2) is 11.6 Å². The molecule has 3 saturated heterocycles. The predicted octanol–water partition coefficient (Wildman–Crippen LogP) is -0.711. The zero-order valence-corrected chi connectivity index (χ0v) is 39.0. The monoisotopic (exact) mass is 944 g/mol. The van der Waals surface area contributed by atoms with Crippen LogP contribution < -0.4 is 0 Å². The van der Waals surface area contributed by atoms with Gasteiger partial charge in [0.1, 0.15) is 67.1 Å². The standard InChI is InChI=1S/C47H76O19/c1-42(2)11-13-47(41(59)60)14-12-45(5)21(22(47)15-42)7-8-28-43(3)16-23(51)37(44(4,20-50)27(43)9-10-46(28,45)6)66-38-33(57)35(24(52)19-61-38)64-40-34(58)36(30(54)26(18-49)63-40)65-39-32(56)31(55)29(53)25(17-48)62-39/h7,22-40,48-58H,8-20H2,1-6H3,(H,59,60)/t22-,23-,24+,25+,26+,27+,28+,29+,30-,31-,32+,33+,34+,35-,36-,37-,38-,39-,40-,43-,44-,45+,46+,47-/m0/s1. The molecule has 3 heterocycles. The van der Waals surface area contributed by atoms with Crippen LogP contribution in [0.25, 0.3) is 0 Å². The van der Waals surface area contributed by atoms with Gasteiger partial charge in [0.15, 0.2) is 18.9 Å². The number of aliphatic hydroxyl groups excluding tert-OH is 11. The van der Waals surface area contributed by atoms with Crippen LogP contribution in [0.4, 0.5) is 0 Å². The molecule has 24 atom stereocenters. The van der Waals surface area contributed by atoms with E-state index in [-0.39, 0.29) is 40.6 Å². The molecule has 0 aromatic heterocycles. The molecule has 0 radical (unpaired) electrons. The third-order valence-corrected chi connectivity index (χ3v) is 19.1. The first-order valence-corrected chi connectivity index (χ1v) is 24.0. The molecule has 8 aliphatic rings. The van der Waals surface area contributed by atoms with E-state index >= 15 is 0 Å². The second-order valence-electron chi connectivity index (χ2n) is 23.0. The van der Waals surface area contributed by atoms with Gasteiger partial charge < -0.3 is 89.7 Å². The summed E-state index contributed by atoms with van der Waals surface area (Å²) < 4.78 is 35.0. The molecule has 12 N–H and O–H groups in total. The van der Waals surface area contributed by atoms with E-state index in [4.69, 9.17) is 28.4 Å². The Kier molecular flexibility index (Phi) is 13.9. The molecule has 0 aromatic carbocycles. The number of ether oxygens (including phenoxy) is 6.